The molecule has 27 heavy (non-hydrogen) atoms. The highest BCUT2D eigenvalue weighted by Gasteiger charge is 2.33. The van der Waals surface area contributed by atoms with Crippen molar-refractivity contribution in [2.45, 2.75) is 25.8 Å². The van der Waals surface area contributed by atoms with Crippen LogP contribution in [0, 0.1) is 6.92 Å². The van der Waals surface area contributed by atoms with Gasteiger partial charge in [0.1, 0.15) is 5.82 Å². The van der Waals surface area contributed by atoms with Gasteiger partial charge in [0, 0.05) is 36.3 Å². The molecule has 0 aliphatic carbocycles. The van der Waals surface area contributed by atoms with Gasteiger partial charge in [-0.3, -0.25) is 4.79 Å². The van der Waals surface area contributed by atoms with Crippen molar-refractivity contribution in [2.75, 3.05) is 6.54 Å². The van der Waals surface area contributed by atoms with Crippen LogP contribution in [0.25, 0.3) is 21.9 Å². The number of carbonyl (C=O) groups is 1. The Hall–Kier alpha value is -3.08. The smallest absolute Gasteiger partial charge is 0.255 e. The maximum atomic E-state index is 13.4. The van der Waals surface area contributed by atoms with Gasteiger partial charge < -0.3 is 14.5 Å². The van der Waals surface area contributed by atoms with Crippen LogP contribution in [0.1, 0.15) is 40.6 Å². The number of imidazole rings is 1. The van der Waals surface area contributed by atoms with Gasteiger partial charge >= 0.3 is 0 Å². The molecule has 3 heterocycles. The molecule has 0 spiro atoms. The van der Waals surface area contributed by atoms with Gasteiger partial charge in [-0.05, 0) is 55.7 Å². The first-order valence-corrected chi connectivity index (χ1v) is 9.43. The summed E-state index contributed by atoms with van der Waals surface area (Å²) < 4.78 is 2.05. The number of fused-ring (bicyclic) bond motifs is 2. The normalized spacial score (nSPS) is 17.3. The minimum atomic E-state index is 0.00387. The first-order chi connectivity index (χ1) is 13.1. The number of hydrogen-bond donors (Lipinski definition) is 1. The molecule has 2 aromatic carbocycles. The fraction of sp³-hybridized carbons (Fsp3) is 0.273. The van der Waals surface area contributed by atoms with Crippen LogP contribution in [-0.4, -0.2) is 31.9 Å². The number of nitrogens with zero attached hydrogens (tertiary/aromatic N) is 3. The molecule has 1 fully saturated rings. The molecule has 1 atom stereocenters. The van der Waals surface area contributed by atoms with Crippen molar-refractivity contribution in [2.24, 2.45) is 7.05 Å². The monoisotopic (exact) mass is 358 g/mol. The van der Waals surface area contributed by atoms with E-state index in [2.05, 4.69) is 34.7 Å². The Morgan fingerprint density at radius 3 is 3.00 bits per heavy atom. The highest BCUT2D eigenvalue weighted by Crippen LogP contribution is 2.34. The van der Waals surface area contributed by atoms with Gasteiger partial charge in [0.2, 0.25) is 0 Å². The van der Waals surface area contributed by atoms with Gasteiger partial charge in [-0.2, -0.15) is 0 Å². The molecule has 1 saturated heterocycles. The van der Waals surface area contributed by atoms with Gasteiger partial charge in [0.15, 0.2) is 0 Å². The summed E-state index contributed by atoms with van der Waals surface area (Å²) in [7, 11) is 2.01. The molecule has 0 saturated carbocycles. The fourth-order valence-electron chi connectivity index (χ4n) is 4.24. The Balaban J connectivity index is 1.54. The van der Waals surface area contributed by atoms with E-state index >= 15 is 0 Å². The Bertz CT molecular complexity index is 1170. The zero-order chi connectivity index (χ0) is 18.5. The van der Waals surface area contributed by atoms with Gasteiger partial charge in [-0.25, -0.2) is 4.98 Å². The third-order valence-electron chi connectivity index (χ3n) is 5.64. The minimum absolute atomic E-state index is 0.00387. The summed E-state index contributed by atoms with van der Waals surface area (Å²) in [6.07, 6.45) is 3.94. The molecule has 4 aromatic rings. The van der Waals surface area contributed by atoms with E-state index in [-0.39, 0.29) is 11.9 Å². The lowest BCUT2D eigenvalue weighted by Gasteiger charge is -2.23. The molecule has 1 aliphatic rings. The summed E-state index contributed by atoms with van der Waals surface area (Å²) in [5.74, 6) is 0.979. The van der Waals surface area contributed by atoms with Gasteiger partial charge in [-0.15, -0.1) is 0 Å². The Labute approximate surface area is 157 Å². The number of likely N-dealkylation sites (tertiary alicyclic amines) is 1. The first kappa shape index (κ1) is 16.1. The second kappa shape index (κ2) is 5.98. The Morgan fingerprint density at radius 1 is 1.22 bits per heavy atom. The average Bonchev–Trinajstić information content (AvgIpc) is 3.38. The van der Waals surface area contributed by atoms with Gasteiger partial charge in [-0.1, -0.05) is 12.1 Å². The molecule has 2 aromatic heterocycles. The van der Waals surface area contributed by atoms with Crippen LogP contribution in [0.2, 0.25) is 0 Å². The molecule has 5 rings (SSSR count). The molecule has 1 aliphatic heterocycles. The van der Waals surface area contributed by atoms with Crippen molar-refractivity contribution < 1.29 is 4.79 Å². The first-order valence-electron chi connectivity index (χ1n) is 9.43. The molecule has 5 nitrogen and oxygen atoms in total. The van der Waals surface area contributed by atoms with E-state index in [1.165, 1.54) is 5.56 Å². The highest BCUT2D eigenvalue weighted by atomic mass is 16.2. The lowest BCUT2D eigenvalue weighted by Crippen LogP contribution is -2.31. The lowest BCUT2D eigenvalue weighted by atomic mass is 10.1. The Kier molecular flexibility index (Phi) is 3.57. The molecular weight excluding hydrogens is 336 g/mol. The number of amides is 1. The predicted octanol–water partition coefficient (Wildman–Crippen LogP) is 4.34. The molecule has 136 valence electrons. The summed E-state index contributed by atoms with van der Waals surface area (Å²) in [6.45, 7) is 2.84. The fourth-order valence-corrected chi connectivity index (χ4v) is 4.24. The van der Waals surface area contributed by atoms with E-state index in [0.29, 0.717) is 0 Å². The summed E-state index contributed by atoms with van der Waals surface area (Å²) in [5.41, 5.74) is 5.05. The number of nitrogens with one attached hydrogen (secondary N) is 1. The summed E-state index contributed by atoms with van der Waals surface area (Å²) >= 11 is 0. The standard InChI is InChI=1S/C22H22N4O/c1-14-8-9-17-18(13-14)24-21(23-17)20-7-4-11-26(20)22(27)16-5-3-6-19-15(16)10-12-25(19)2/h3,5-6,8-10,12-13,20H,4,7,11H2,1-2H3,(H,23,24)/t20-/m0/s1. The van der Waals surface area contributed by atoms with Crippen molar-refractivity contribution >= 4 is 27.8 Å². The molecule has 0 radical (unpaired) electrons. The molecular formula is C22H22N4O. The molecule has 1 N–H and O–H groups in total. The van der Waals surface area contributed by atoms with Gasteiger partial charge in [0.25, 0.3) is 5.91 Å². The summed E-state index contributed by atoms with van der Waals surface area (Å²) in [5, 5.41) is 1.01. The van der Waals surface area contributed by atoms with E-state index < -0.39 is 0 Å². The number of rotatable bonds is 2. The number of hydrogen-bond acceptors (Lipinski definition) is 2. The number of aromatic amines is 1. The number of H-pyrrole nitrogens is 1. The van der Waals surface area contributed by atoms with Crippen LogP contribution in [0.15, 0.2) is 48.7 Å². The van der Waals surface area contributed by atoms with E-state index in [1.54, 1.807) is 0 Å². The number of aromatic nitrogens is 3. The third kappa shape index (κ3) is 2.53. The largest absolute Gasteiger partial charge is 0.351 e. The zero-order valence-electron chi connectivity index (χ0n) is 15.6. The van der Waals surface area contributed by atoms with Crippen LogP contribution in [0.4, 0.5) is 0 Å². The molecule has 1 amide bonds. The van der Waals surface area contributed by atoms with Crippen LogP contribution >= 0.6 is 0 Å². The van der Waals surface area contributed by atoms with Gasteiger partial charge in [0.05, 0.1) is 17.1 Å². The number of carbonyl (C=O) groups excluding carboxylic acids is 1. The van der Waals surface area contributed by atoms with E-state index in [0.717, 1.165) is 52.7 Å². The second-order valence-corrected chi connectivity index (χ2v) is 7.46. The van der Waals surface area contributed by atoms with Crippen LogP contribution in [-0.2, 0) is 7.05 Å². The van der Waals surface area contributed by atoms with E-state index in [1.807, 2.05) is 42.4 Å². The molecule has 0 unspecified atom stereocenters. The Morgan fingerprint density at radius 2 is 2.11 bits per heavy atom. The molecule has 5 heteroatoms. The van der Waals surface area contributed by atoms with Crippen molar-refractivity contribution in [3.05, 3.63) is 65.6 Å². The number of benzene rings is 2. The van der Waals surface area contributed by atoms with Crippen LogP contribution in [0.5, 0.6) is 0 Å². The zero-order valence-corrected chi connectivity index (χ0v) is 15.6. The van der Waals surface area contributed by atoms with Crippen molar-refractivity contribution in [1.82, 2.24) is 19.4 Å². The topological polar surface area (TPSA) is 53.9 Å². The highest BCUT2D eigenvalue weighted by molar-refractivity contribution is 6.06. The maximum Gasteiger partial charge on any atom is 0.255 e. The lowest BCUT2D eigenvalue weighted by molar-refractivity contribution is 0.0732. The van der Waals surface area contributed by atoms with E-state index in [9.17, 15) is 4.79 Å². The van der Waals surface area contributed by atoms with Crippen molar-refractivity contribution in [3.63, 3.8) is 0 Å². The van der Waals surface area contributed by atoms with Crippen molar-refractivity contribution in [3.8, 4) is 0 Å². The second-order valence-electron chi connectivity index (χ2n) is 7.46. The number of aryl methyl sites for hydroxylation is 2. The van der Waals surface area contributed by atoms with Crippen LogP contribution in [0.3, 0.4) is 0 Å². The van der Waals surface area contributed by atoms with Crippen molar-refractivity contribution in [1.29, 1.82) is 0 Å². The van der Waals surface area contributed by atoms with E-state index in [4.69, 9.17) is 4.98 Å². The molecule has 0 bridgehead atoms. The predicted molar refractivity (Wildman–Crippen MR) is 107 cm³/mol. The maximum absolute atomic E-state index is 13.4. The van der Waals surface area contributed by atoms with Crippen LogP contribution < -0.4 is 0 Å². The average molecular weight is 358 g/mol. The quantitative estimate of drug-likeness (QED) is 0.579. The minimum Gasteiger partial charge on any atom is -0.351 e. The third-order valence-corrected chi connectivity index (χ3v) is 5.64. The summed E-state index contributed by atoms with van der Waals surface area (Å²) in [6, 6.07) is 14.2. The summed E-state index contributed by atoms with van der Waals surface area (Å²) in [4.78, 5) is 23.6. The SMILES string of the molecule is Cc1ccc2nc([C@@H]3CCCN3C(=O)c3cccc4c3ccn4C)[nH]c2c1.